The van der Waals surface area contributed by atoms with Crippen molar-refractivity contribution in [3.05, 3.63) is 242 Å². The first-order valence-corrected chi connectivity index (χ1v) is 24.3. The van der Waals surface area contributed by atoms with E-state index in [0.29, 0.717) is 0 Å². The van der Waals surface area contributed by atoms with Crippen molar-refractivity contribution in [1.29, 1.82) is 0 Å². The van der Waals surface area contributed by atoms with E-state index in [2.05, 4.69) is 226 Å². The lowest BCUT2D eigenvalue weighted by molar-refractivity contribution is 0.403. The third-order valence-corrected chi connectivity index (χ3v) is 16.0. The van der Waals surface area contributed by atoms with Crippen LogP contribution in [0.3, 0.4) is 0 Å². The van der Waals surface area contributed by atoms with Gasteiger partial charge in [-0.25, -0.2) is 0 Å². The molecule has 0 N–H and O–H groups in total. The smallest absolute Gasteiger partial charge is 0.242 e. The van der Waals surface area contributed by atoms with Gasteiger partial charge in [0.2, 0.25) is 6.71 Å². The number of para-hydroxylation sites is 2. The topological polar surface area (TPSA) is 13.1 Å². The molecule has 1 aliphatic carbocycles. The molecule has 0 fully saturated rings. The van der Waals surface area contributed by atoms with Crippen molar-refractivity contribution in [1.82, 2.24) is 0 Å². The molecule has 66 heavy (non-hydrogen) atoms. The van der Waals surface area contributed by atoms with Crippen LogP contribution in [0.4, 0.5) is 0 Å². The molecule has 9 aromatic rings. The van der Waals surface area contributed by atoms with Crippen LogP contribution >= 0.6 is 0 Å². The Bertz CT molecular complexity index is 3370. The van der Waals surface area contributed by atoms with E-state index < -0.39 is 0 Å². The van der Waals surface area contributed by atoms with Crippen LogP contribution < -0.4 is 16.4 Å². The molecule has 2 unspecified atom stereocenters. The molecule has 0 spiro atoms. The minimum atomic E-state index is -0.0184. The minimum Gasteiger partial charge on any atom is -0.456 e. The highest BCUT2D eigenvalue weighted by molar-refractivity contribution is 6.97. The second kappa shape index (κ2) is 14.6. The van der Waals surface area contributed by atoms with Crippen LogP contribution in [0.5, 0.6) is 0 Å². The van der Waals surface area contributed by atoms with Crippen molar-refractivity contribution in [3.8, 4) is 0 Å². The molecule has 12 rings (SSSR count). The molecule has 8 aromatic carbocycles. The van der Waals surface area contributed by atoms with E-state index in [1.165, 1.54) is 105 Å². The molecule has 2 aliphatic heterocycles. The molecule has 0 amide bonds. The van der Waals surface area contributed by atoms with Gasteiger partial charge in [0, 0.05) is 34.1 Å². The monoisotopic (exact) mass is 854 g/mol. The average Bonchev–Trinajstić information content (AvgIpc) is 3.76. The van der Waals surface area contributed by atoms with Gasteiger partial charge < -0.3 is 4.42 Å². The van der Waals surface area contributed by atoms with Gasteiger partial charge in [-0.3, -0.25) is 0 Å². The largest absolute Gasteiger partial charge is 0.456 e. The number of rotatable bonds is 5. The molecule has 1 aromatic heterocycles. The summed E-state index contributed by atoms with van der Waals surface area (Å²) in [5.74, 6) is 0.132. The summed E-state index contributed by atoms with van der Waals surface area (Å²) >= 11 is 0. The third kappa shape index (κ3) is 6.20. The van der Waals surface area contributed by atoms with E-state index in [9.17, 15) is 0 Å². The maximum Gasteiger partial charge on any atom is 0.242 e. The standard InChI is InChI=1S/C64H59BO/c1-38-31-50-58(44-30-28-43(33-39(44)2)62(3,4)5)47-29-27-42(57(40-19-12-10-13-20-40)41-21-14-11-15-22-41)34-54(47)65-55-36-53-52(63(6,7)37-64(53,8)9)35-49(55)59(51(32-38)60(50)65)48-25-18-24-46-45-23-16-17-26-56(45)66-61(46)48/h10-36,57-59H,37H2,1-9H3. The van der Waals surface area contributed by atoms with Gasteiger partial charge in [0.15, 0.2) is 0 Å². The Kier molecular flexibility index (Phi) is 9.06. The molecule has 0 bridgehead atoms. The summed E-state index contributed by atoms with van der Waals surface area (Å²) < 4.78 is 6.99. The zero-order valence-electron chi connectivity index (χ0n) is 40.0. The Morgan fingerprint density at radius 2 is 1.11 bits per heavy atom. The average molecular weight is 855 g/mol. The number of benzene rings is 8. The predicted molar refractivity (Wildman–Crippen MR) is 279 cm³/mol. The van der Waals surface area contributed by atoms with Gasteiger partial charge in [-0.1, -0.05) is 228 Å². The van der Waals surface area contributed by atoms with Gasteiger partial charge in [-0.2, -0.15) is 0 Å². The number of hydrogen-bond acceptors (Lipinski definition) is 1. The van der Waals surface area contributed by atoms with Gasteiger partial charge in [0.25, 0.3) is 0 Å². The molecule has 0 saturated heterocycles. The summed E-state index contributed by atoms with van der Waals surface area (Å²) in [6.07, 6.45) is 1.12. The van der Waals surface area contributed by atoms with Gasteiger partial charge >= 0.3 is 0 Å². The molecule has 3 aliphatic rings. The van der Waals surface area contributed by atoms with Crippen molar-refractivity contribution in [2.45, 2.75) is 103 Å². The summed E-state index contributed by atoms with van der Waals surface area (Å²) in [7, 11) is 0. The Morgan fingerprint density at radius 1 is 0.515 bits per heavy atom. The van der Waals surface area contributed by atoms with Crippen LogP contribution in [0.25, 0.3) is 21.9 Å². The highest BCUT2D eigenvalue weighted by Crippen LogP contribution is 2.52. The SMILES string of the molecule is Cc1cc2c3c(c1)C(c1cccc4c1oc1ccccc14)c1cc4c(cc1B3c1cc(C(c3ccccc3)c3ccccc3)ccc1C2c1ccc(C(C)(C)C)cc1C)C(C)(C)CC4(C)C. The minimum absolute atomic E-state index is 0.0184. The van der Waals surface area contributed by atoms with Crippen LogP contribution in [-0.4, -0.2) is 6.71 Å². The number of aryl methyl sites for hydroxylation is 2. The third-order valence-electron chi connectivity index (χ3n) is 16.0. The van der Waals surface area contributed by atoms with Gasteiger partial charge in [-0.15, -0.1) is 0 Å². The highest BCUT2D eigenvalue weighted by atomic mass is 16.3. The van der Waals surface area contributed by atoms with Gasteiger partial charge in [0.1, 0.15) is 11.2 Å². The number of furan rings is 1. The van der Waals surface area contributed by atoms with E-state index in [1.807, 2.05) is 0 Å². The van der Waals surface area contributed by atoms with E-state index in [4.69, 9.17) is 4.42 Å². The second-order valence-corrected chi connectivity index (χ2v) is 22.4. The highest BCUT2D eigenvalue weighted by Gasteiger charge is 2.49. The second-order valence-electron chi connectivity index (χ2n) is 22.4. The zero-order valence-corrected chi connectivity index (χ0v) is 40.0. The zero-order chi connectivity index (χ0) is 45.4. The van der Waals surface area contributed by atoms with Crippen LogP contribution in [0.2, 0.25) is 0 Å². The van der Waals surface area contributed by atoms with Crippen molar-refractivity contribution in [2.75, 3.05) is 0 Å². The predicted octanol–water partition coefficient (Wildman–Crippen LogP) is 14.1. The molecule has 0 saturated carbocycles. The van der Waals surface area contributed by atoms with E-state index in [1.54, 1.807) is 0 Å². The molecule has 324 valence electrons. The molecule has 2 atom stereocenters. The summed E-state index contributed by atoms with van der Waals surface area (Å²) in [4.78, 5) is 0. The fourth-order valence-electron chi connectivity index (χ4n) is 13.3. The number of hydrogen-bond donors (Lipinski definition) is 0. The summed E-state index contributed by atoms with van der Waals surface area (Å²) in [5.41, 5.74) is 25.8. The summed E-state index contributed by atoms with van der Waals surface area (Å²) in [6, 6.07) is 63.1. The maximum absolute atomic E-state index is 6.99. The lowest BCUT2D eigenvalue weighted by Gasteiger charge is -2.43. The van der Waals surface area contributed by atoms with Crippen molar-refractivity contribution in [3.63, 3.8) is 0 Å². The normalized spacial score (nSPS) is 17.8. The van der Waals surface area contributed by atoms with E-state index in [0.717, 1.165) is 17.6 Å². The molecular formula is C64H59BO. The lowest BCUT2D eigenvalue weighted by atomic mass is 9.28. The van der Waals surface area contributed by atoms with Crippen LogP contribution in [0.1, 0.15) is 151 Å². The Labute approximate surface area is 392 Å². The first-order chi connectivity index (χ1) is 31.7. The quantitative estimate of drug-likeness (QED) is 0.124. The van der Waals surface area contributed by atoms with E-state index >= 15 is 0 Å². The van der Waals surface area contributed by atoms with E-state index in [-0.39, 0.29) is 40.7 Å². The Hall–Kier alpha value is -6.38. The first-order valence-electron chi connectivity index (χ1n) is 24.3. The molecule has 0 radical (unpaired) electrons. The Morgan fingerprint density at radius 3 is 1.77 bits per heavy atom. The van der Waals surface area contributed by atoms with Gasteiger partial charge in [-0.05, 0) is 109 Å². The van der Waals surface area contributed by atoms with Crippen LogP contribution in [-0.2, 0) is 16.2 Å². The fourth-order valence-corrected chi connectivity index (χ4v) is 13.3. The van der Waals surface area contributed by atoms with Crippen LogP contribution in [0, 0.1) is 13.8 Å². The molecular weight excluding hydrogens is 796 g/mol. The number of fused-ring (bicyclic) bond motifs is 8. The van der Waals surface area contributed by atoms with Crippen molar-refractivity contribution < 1.29 is 4.42 Å². The maximum atomic E-state index is 6.99. The molecule has 2 heteroatoms. The fraction of sp³-hybridized carbons (Fsp3) is 0.250. The summed E-state index contributed by atoms with van der Waals surface area (Å²) in [5, 5.41) is 2.36. The van der Waals surface area contributed by atoms with Crippen molar-refractivity contribution in [2.24, 2.45) is 0 Å². The summed E-state index contributed by atoms with van der Waals surface area (Å²) in [6.45, 7) is 21.6. The Balaban J connectivity index is 1.20. The molecule has 3 heterocycles. The lowest BCUT2D eigenvalue weighted by Crippen LogP contribution is -2.63. The van der Waals surface area contributed by atoms with Gasteiger partial charge in [0.05, 0.1) is 0 Å². The van der Waals surface area contributed by atoms with Crippen molar-refractivity contribution >= 4 is 45.0 Å². The molecule has 1 nitrogen and oxygen atoms in total. The first kappa shape index (κ1) is 41.1. The van der Waals surface area contributed by atoms with Crippen LogP contribution in [0.15, 0.2) is 168 Å².